The molecule has 28 heavy (non-hydrogen) atoms. The largest absolute Gasteiger partial charge is 0.347 e. The van der Waals surface area contributed by atoms with Gasteiger partial charge in [-0.15, -0.1) is 0 Å². The van der Waals surface area contributed by atoms with Crippen LogP contribution in [-0.4, -0.2) is 47.3 Å². The molecule has 0 unspecified atom stereocenters. The molecule has 2 N–H and O–H groups in total. The quantitative estimate of drug-likeness (QED) is 0.854. The van der Waals surface area contributed by atoms with Gasteiger partial charge in [-0.25, -0.2) is 0 Å². The van der Waals surface area contributed by atoms with Crippen molar-refractivity contribution in [2.24, 2.45) is 5.92 Å². The summed E-state index contributed by atoms with van der Waals surface area (Å²) >= 11 is 0. The number of hydrogen-bond donors (Lipinski definition) is 2. The fraction of sp³-hybridized carbons (Fsp3) is 0.409. The fourth-order valence-corrected chi connectivity index (χ4v) is 4.19. The zero-order valence-corrected chi connectivity index (χ0v) is 16.1. The van der Waals surface area contributed by atoms with E-state index in [0.29, 0.717) is 30.9 Å². The average Bonchev–Trinajstić information content (AvgIpc) is 3.09. The van der Waals surface area contributed by atoms with E-state index < -0.39 is 12.1 Å². The second-order valence-corrected chi connectivity index (χ2v) is 8.17. The molecule has 4 rings (SSSR count). The first-order valence-corrected chi connectivity index (χ1v) is 9.83. The molecule has 2 aliphatic rings. The summed E-state index contributed by atoms with van der Waals surface area (Å²) in [4.78, 5) is 39.5. The lowest BCUT2D eigenvalue weighted by Crippen LogP contribution is -2.61. The van der Waals surface area contributed by atoms with Gasteiger partial charge < -0.3 is 15.5 Å². The molecule has 0 aromatic heterocycles. The van der Waals surface area contributed by atoms with Gasteiger partial charge in [0.25, 0.3) is 5.91 Å². The lowest BCUT2D eigenvalue weighted by molar-refractivity contribution is -0.147. The van der Waals surface area contributed by atoms with Crippen LogP contribution in [0.2, 0.25) is 0 Å². The van der Waals surface area contributed by atoms with E-state index in [2.05, 4.69) is 10.6 Å². The van der Waals surface area contributed by atoms with Gasteiger partial charge in [0.1, 0.15) is 12.1 Å². The monoisotopic (exact) mass is 379 g/mol. The highest BCUT2D eigenvalue weighted by atomic mass is 16.2. The molecular weight excluding hydrogens is 354 g/mol. The molecule has 3 atom stereocenters. The molecule has 2 saturated heterocycles. The Morgan fingerprint density at radius 3 is 2.68 bits per heavy atom. The Hall–Kier alpha value is -2.89. The lowest BCUT2D eigenvalue weighted by atomic mass is 9.99. The van der Waals surface area contributed by atoms with Crippen molar-refractivity contribution in [2.75, 3.05) is 6.54 Å². The number of nitrogens with one attached hydrogen (secondary N) is 2. The van der Waals surface area contributed by atoms with Crippen molar-refractivity contribution in [3.63, 3.8) is 0 Å². The average molecular weight is 379 g/mol. The van der Waals surface area contributed by atoms with Crippen LogP contribution < -0.4 is 10.6 Å². The molecule has 0 radical (unpaired) electrons. The van der Waals surface area contributed by atoms with Crippen molar-refractivity contribution < 1.29 is 14.4 Å². The van der Waals surface area contributed by atoms with Gasteiger partial charge >= 0.3 is 0 Å². The van der Waals surface area contributed by atoms with E-state index in [9.17, 15) is 14.4 Å². The minimum absolute atomic E-state index is 0.0410. The van der Waals surface area contributed by atoms with Crippen molar-refractivity contribution in [3.05, 3.63) is 48.0 Å². The fourth-order valence-electron chi connectivity index (χ4n) is 4.19. The summed E-state index contributed by atoms with van der Waals surface area (Å²) in [5, 5.41) is 7.94. The van der Waals surface area contributed by atoms with Gasteiger partial charge in [0.15, 0.2) is 0 Å². The van der Waals surface area contributed by atoms with E-state index in [1.165, 1.54) is 0 Å². The van der Waals surface area contributed by atoms with E-state index in [1.54, 1.807) is 11.0 Å². The third-order valence-electron chi connectivity index (χ3n) is 5.56. The first-order valence-electron chi connectivity index (χ1n) is 9.83. The predicted molar refractivity (Wildman–Crippen MR) is 107 cm³/mol. The normalized spacial score (nSPS) is 24.4. The summed E-state index contributed by atoms with van der Waals surface area (Å²) in [6.07, 6.45) is 1.08. The van der Waals surface area contributed by atoms with Crippen molar-refractivity contribution in [2.45, 2.75) is 44.8 Å². The number of nitrogens with zero attached hydrogens (tertiary/aromatic N) is 1. The first-order chi connectivity index (χ1) is 13.4. The van der Waals surface area contributed by atoms with E-state index >= 15 is 0 Å². The van der Waals surface area contributed by atoms with Crippen molar-refractivity contribution >= 4 is 28.5 Å². The Labute approximate surface area is 164 Å². The van der Waals surface area contributed by atoms with Gasteiger partial charge in [-0.1, -0.05) is 44.2 Å². The van der Waals surface area contributed by atoms with E-state index in [4.69, 9.17) is 0 Å². The molecule has 3 amide bonds. The van der Waals surface area contributed by atoms with Gasteiger partial charge in [-0.2, -0.15) is 0 Å². The van der Waals surface area contributed by atoms with Gasteiger partial charge in [0, 0.05) is 18.2 Å². The summed E-state index contributed by atoms with van der Waals surface area (Å²) < 4.78 is 0. The zero-order chi connectivity index (χ0) is 19.8. The third kappa shape index (κ3) is 3.46. The summed E-state index contributed by atoms with van der Waals surface area (Å²) in [6, 6.07) is 12.3. The summed E-state index contributed by atoms with van der Waals surface area (Å²) in [7, 11) is 0. The number of hydrogen-bond acceptors (Lipinski definition) is 3. The molecule has 6 heteroatoms. The molecule has 6 nitrogen and oxygen atoms in total. The minimum Gasteiger partial charge on any atom is -0.347 e. The molecule has 0 saturated carbocycles. The van der Waals surface area contributed by atoms with Gasteiger partial charge in [0.05, 0.1) is 0 Å². The van der Waals surface area contributed by atoms with E-state index in [0.717, 1.165) is 10.8 Å². The molecule has 0 bridgehead atoms. The van der Waals surface area contributed by atoms with Gasteiger partial charge in [-0.05, 0) is 41.7 Å². The van der Waals surface area contributed by atoms with Crippen molar-refractivity contribution in [1.82, 2.24) is 15.5 Å². The van der Waals surface area contributed by atoms with Crippen molar-refractivity contribution in [3.8, 4) is 0 Å². The van der Waals surface area contributed by atoms with Crippen LogP contribution in [0.3, 0.4) is 0 Å². The lowest BCUT2D eigenvalue weighted by Gasteiger charge is -2.35. The molecule has 2 aromatic carbocycles. The molecule has 2 aliphatic heterocycles. The molecule has 2 aromatic rings. The van der Waals surface area contributed by atoms with Gasteiger partial charge in [0.2, 0.25) is 11.8 Å². The van der Waals surface area contributed by atoms with Crippen LogP contribution in [0.5, 0.6) is 0 Å². The highest BCUT2D eigenvalue weighted by Gasteiger charge is 2.46. The van der Waals surface area contributed by atoms with Crippen LogP contribution >= 0.6 is 0 Å². The third-order valence-corrected chi connectivity index (χ3v) is 5.56. The van der Waals surface area contributed by atoms with E-state index in [1.807, 2.05) is 50.2 Å². The molecular formula is C22H25N3O3. The van der Waals surface area contributed by atoms with Crippen LogP contribution in [-0.2, 0) is 9.59 Å². The summed E-state index contributed by atoms with van der Waals surface area (Å²) in [6.45, 7) is 4.44. The molecule has 2 heterocycles. The highest BCUT2D eigenvalue weighted by molar-refractivity contribution is 6.00. The molecule has 0 spiro atoms. The molecule has 2 fully saturated rings. The Bertz CT molecular complexity index is 940. The number of fused-ring (bicyclic) bond motifs is 2. The number of piperazine rings is 1. The summed E-state index contributed by atoms with van der Waals surface area (Å²) in [5.74, 6) is -0.0209. The van der Waals surface area contributed by atoms with Gasteiger partial charge in [-0.3, -0.25) is 14.4 Å². The first kappa shape index (κ1) is 18.5. The Morgan fingerprint density at radius 1 is 1.18 bits per heavy atom. The number of carbonyl (C=O) groups excluding carboxylic acids is 3. The maximum absolute atomic E-state index is 12.7. The SMILES string of the molecule is CC(C)C[C@H]1NC(=O)[C@@H]2C[C@H](NC(=O)c3ccc4ccccc4c3)CN2C1=O. The number of benzene rings is 2. The van der Waals surface area contributed by atoms with Crippen LogP contribution in [0.4, 0.5) is 0 Å². The second kappa shape index (κ2) is 7.26. The maximum Gasteiger partial charge on any atom is 0.251 e. The maximum atomic E-state index is 12.7. The molecule has 146 valence electrons. The van der Waals surface area contributed by atoms with E-state index in [-0.39, 0.29) is 23.8 Å². The number of carbonyl (C=O) groups is 3. The minimum atomic E-state index is -0.488. The van der Waals surface area contributed by atoms with Crippen LogP contribution in [0.1, 0.15) is 37.0 Å². The van der Waals surface area contributed by atoms with Crippen molar-refractivity contribution in [1.29, 1.82) is 0 Å². The topological polar surface area (TPSA) is 78.5 Å². The van der Waals surface area contributed by atoms with Crippen LogP contribution in [0.15, 0.2) is 42.5 Å². The Kier molecular flexibility index (Phi) is 4.79. The predicted octanol–water partition coefficient (Wildman–Crippen LogP) is 2.08. The second-order valence-electron chi connectivity index (χ2n) is 8.17. The number of rotatable bonds is 4. The highest BCUT2D eigenvalue weighted by Crippen LogP contribution is 2.25. The Morgan fingerprint density at radius 2 is 1.93 bits per heavy atom. The van der Waals surface area contributed by atoms with Crippen LogP contribution in [0, 0.1) is 5.92 Å². The zero-order valence-electron chi connectivity index (χ0n) is 16.1. The summed E-state index contributed by atoms with van der Waals surface area (Å²) in [5.41, 5.74) is 0.581. The van der Waals surface area contributed by atoms with Crippen LogP contribution in [0.25, 0.3) is 10.8 Å². The standard InChI is InChI=1S/C22H25N3O3/c1-13(2)9-18-22(28)25-12-17(11-19(25)21(27)24-18)23-20(26)16-8-7-14-5-3-4-6-15(14)10-16/h3-8,10,13,17-19H,9,11-12H2,1-2H3,(H,23,26)(H,24,27)/t17-,18+,19-/m0/s1. The smallest absolute Gasteiger partial charge is 0.251 e. The molecule has 0 aliphatic carbocycles. The Balaban J connectivity index is 1.45. The number of amides is 3.